The molecule has 1 aromatic rings. The number of benzene rings is 1. The van der Waals surface area contributed by atoms with Gasteiger partial charge in [0.25, 0.3) is 0 Å². The van der Waals surface area contributed by atoms with Gasteiger partial charge in [-0.25, -0.2) is 0 Å². The quantitative estimate of drug-likeness (QED) is 0.882. The number of carbonyl (C=O) groups is 1. The molecule has 1 heterocycles. The number of ether oxygens (including phenoxy) is 1. The van der Waals surface area contributed by atoms with E-state index in [0.29, 0.717) is 18.2 Å². The second-order valence-corrected chi connectivity index (χ2v) is 4.25. The van der Waals surface area contributed by atoms with Crippen molar-refractivity contribution in [2.24, 2.45) is 0 Å². The molecule has 0 spiro atoms. The zero-order chi connectivity index (χ0) is 12.1. The molecule has 0 radical (unpaired) electrons. The highest BCUT2D eigenvalue weighted by Crippen LogP contribution is 2.23. The van der Waals surface area contributed by atoms with Crippen LogP contribution < -0.4 is 15.4 Å². The zero-order valence-electron chi connectivity index (χ0n) is 10.4. The van der Waals surface area contributed by atoms with E-state index in [2.05, 4.69) is 10.6 Å². The van der Waals surface area contributed by atoms with E-state index < -0.39 is 0 Å². The smallest absolute Gasteiger partial charge is 0.226 e. The molecular weight excluding hydrogens is 252 g/mol. The molecule has 4 nitrogen and oxygen atoms in total. The number of carbonyl (C=O) groups excluding carboxylic acids is 1. The van der Waals surface area contributed by atoms with Gasteiger partial charge in [0.15, 0.2) is 0 Å². The molecule has 1 aromatic carbocycles. The summed E-state index contributed by atoms with van der Waals surface area (Å²) in [6.07, 6.45) is 2.77. The maximum Gasteiger partial charge on any atom is 0.226 e. The van der Waals surface area contributed by atoms with Gasteiger partial charge in [0, 0.05) is 12.5 Å². The SMILES string of the molecule is COc1ccccc1NC(=O)CC1CCCN1.Cl. The Morgan fingerprint density at radius 1 is 1.50 bits per heavy atom. The third-order valence-corrected chi connectivity index (χ3v) is 2.98. The van der Waals surface area contributed by atoms with Crippen LogP contribution in [0.1, 0.15) is 19.3 Å². The molecule has 0 aliphatic carbocycles. The highest BCUT2D eigenvalue weighted by atomic mass is 35.5. The van der Waals surface area contributed by atoms with Gasteiger partial charge in [-0.1, -0.05) is 12.1 Å². The van der Waals surface area contributed by atoms with Crippen LogP contribution >= 0.6 is 12.4 Å². The van der Waals surface area contributed by atoms with E-state index in [1.807, 2.05) is 24.3 Å². The molecule has 18 heavy (non-hydrogen) atoms. The standard InChI is InChI=1S/C13H18N2O2.ClH/c1-17-12-7-3-2-6-11(12)15-13(16)9-10-5-4-8-14-10;/h2-3,6-7,10,14H,4-5,8-9H2,1H3,(H,15,16);1H. The zero-order valence-corrected chi connectivity index (χ0v) is 11.3. The lowest BCUT2D eigenvalue weighted by Crippen LogP contribution is -2.27. The molecule has 1 unspecified atom stereocenters. The van der Waals surface area contributed by atoms with E-state index in [4.69, 9.17) is 4.74 Å². The molecular formula is C13H19ClN2O2. The first-order valence-electron chi connectivity index (χ1n) is 5.96. The lowest BCUT2D eigenvalue weighted by molar-refractivity contribution is -0.116. The van der Waals surface area contributed by atoms with Crippen LogP contribution in [0.3, 0.4) is 0 Å². The molecule has 5 heteroatoms. The fraction of sp³-hybridized carbons (Fsp3) is 0.462. The maximum absolute atomic E-state index is 11.8. The van der Waals surface area contributed by atoms with Crippen molar-refractivity contribution in [3.05, 3.63) is 24.3 Å². The van der Waals surface area contributed by atoms with Gasteiger partial charge < -0.3 is 15.4 Å². The van der Waals surface area contributed by atoms with E-state index in [-0.39, 0.29) is 18.3 Å². The third kappa shape index (κ3) is 3.89. The summed E-state index contributed by atoms with van der Waals surface area (Å²) in [6, 6.07) is 7.77. The van der Waals surface area contributed by atoms with Gasteiger partial charge in [-0.15, -0.1) is 12.4 Å². The minimum Gasteiger partial charge on any atom is -0.495 e. The molecule has 1 fully saturated rings. The van der Waals surface area contributed by atoms with E-state index >= 15 is 0 Å². The maximum atomic E-state index is 11.8. The first-order valence-corrected chi connectivity index (χ1v) is 5.96. The van der Waals surface area contributed by atoms with Gasteiger partial charge in [-0.2, -0.15) is 0 Å². The number of halogens is 1. The summed E-state index contributed by atoms with van der Waals surface area (Å²) in [5.41, 5.74) is 0.734. The van der Waals surface area contributed by atoms with E-state index in [1.54, 1.807) is 7.11 Å². The summed E-state index contributed by atoms with van der Waals surface area (Å²) in [7, 11) is 1.60. The Bertz CT molecular complexity index is 392. The second kappa shape index (κ2) is 7.24. The van der Waals surface area contributed by atoms with Crippen LogP contribution in [0, 0.1) is 0 Å². The Morgan fingerprint density at radius 2 is 2.28 bits per heavy atom. The highest BCUT2D eigenvalue weighted by Gasteiger charge is 2.18. The average Bonchev–Trinajstić information content (AvgIpc) is 2.82. The number of amides is 1. The summed E-state index contributed by atoms with van der Waals surface area (Å²) in [5, 5.41) is 6.19. The minimum atomic E-state index is 0. The second-order valence-electron chi connectivity index (χ2n) is 4.25. The molecule has 1 amide bonds. The highest BCUT2D eigenvalue weighted by molar-refractivity contribution is 5.92. The molecule has 0 saturated carbocycles. The number of anilines is 1. The summed E-state index contributed by atoms with van der Waals surface area (Å²) in [4.78, 5) is 11.8. The monoisotopic (exact) mass is 270 g/mol. The topological polar surface area (TPSA) is 50.4 Å². The third-order valence-electron chi connectivity index (χ3n) is 2.98. The van der Waals surface area contributed by atoms with Gasteiger partial charge in [-0.05, 0) is 31.5 Å². The predicted molar refractivity (Wildman–Crippen MR) is 74.5 cm³/mol. The van der Waals surface area contributed by atoms with Crippen LogP contribution in [-0.4, -0.2) is 25.6 Å². The number of rotatable bonds is 4. The van der Waals surface area contributed by atoms with E-state index in [1.165, 1.54) is 0 Å². The fourth-order valence-electron chi connectivity index (χ4n) is 2.10. The first kappa shape index (κ1) is 14.8. The summed E-state index contributed by atoms with van der Waals surface area (Å²) >= 11 is 0. The number of hydrogen-bond acceptors (Lipinski definition) is 3. The Kier molecular flexibility index (Phi) is 5.95. The number of nitrogens with one attached hydrogen (secondary N) is 2. The molecule has 1 aliphatic heterocycles. The van der Waals surface area contributed by atoms with Crippen molar-refractivity contribution < 1.29 is 9.53 Å². The van der Waals surface area contributed by atoms with E-state index in [9.17, 15) is 4.79 Å². The lowest BCUT2D eigenvalue weighted by atomic mass is 10.1. The van der Waals surface area contributed by atoms with Crippen molar-refractivity contribution in [1.29, 1.82) is 0 Å². The minimum absolute atomic E-state index is 0. The molecule has 0 bridgehead atoms. The molecule has 1 saturated heterocycles. The van der Waals surface area contributed by atoms with Crippen molar-refractivity contribution in [2.45, 2.75) is 25.3 Å². The van der Waals surface area contributed by atoms with Gasteiger partial charge >= 0.3 is 0 Å². The fourth-order valence-corrected chi connectivity index (χ4v) is 2.10. The van der Waals surface area contributed by atoms with Crippen LogP contribution in [-0.2, 0) is 4.79 Å². The van der Waals surface area contributed by atoms with Crippen LogP contribution in [0.15, 0.2) is 24.3 Å². The van der Waals surface area contributed by atoms with Crippen LogP contribution in [0.25, 0.3) is 0 Å². The summed E-state index contributed by atoms with van der Waals surface area (Å²) in [6.45, 7) is 1.02. The molecule has 1 atom stereocenters. The van der Waals surface area contributed by atoms with Crippen molar-refractivity contribution in [3.63, 3.8) is 0 Å². The lowest BCUT2D eigenvalue weighted by Gasteiger charge is -2.12. The average molecular weight is 271 g/mol. The Morgan fingerprint density at radius 3 is 2.94 bits per heavy atom. The van der Waals surface area contributed by atoms with E-state index in [0.717, 1.165) is 25.1 Å². The Labute approximate surface area is 114 Å². The van der Waals surface area contributed by atoms with Gasteiger partial charge in [0.1, 0.15) is 5.75 Å². The molecule has 2 rings (SSSR count). The molecule has 100 valence electrons. The summed E-state index contributed by atoms with van der Waals surface area (Å²) < 4.78 is 5.19. The van der Waals surface area contributed by atoms with Crippen LogP contribution in [0.5, 0.6) is 5.75 Å². The molecule has 1 aliphatic rings. The normalized spacial score (nSPS) is 17.9. The van der Waals surface area contributed by atoms with Crippen LogP contribution in [0.4, 0.5) is 5.69 Å². The van der Waals surface area contributed by atoms with Crippen LogP contribution in [0.2, 0.25) is 0 Å². The Hall–Kier alpha value is -1.26. The van der Waals surface area contributed by atoms with Crippen molar-refractivity contribution in [2.75, 3.05) is 19.0 Å². The van der Waals surface area contributed by atoms with Gasteiger partial charge in [0.2, 0.25) is 5.91 Å². The first-order chi connectivity index (χ1) is 8.29. The number of hydrogen-bond donors (Lipinski definition) is 2. The summed E-state index contributed by atoms with van der Waals surface area (Å²) in [5.74, 6) is 0.731. The van der Waals surface area contributed by atoms with Crippen molar-refractivity contribution >= 4 is 24.0 Å². The molecule has 2 N–H and O–H groups in total. The Balaban J connectivity index is 0.00000162. The van der Waals surface area contributed by atoms with Gasteiger partial charge in [0.05, 0.1) is 12.8 Å². The van der Waals surface area contributed by atoms with Gasteiger partial charge in [-0.3, -0.25) is 4.79 Å². The predicted octanol–water partition coefficient (Wildman–Crippen LogP) is 2.20. The largest absolute Gasteiger partial charge is 0.495 e. The van der Waals surface area contributed by atoms with Crippen molar-refractivity contribution in [3.8, 4) is 5.75 Å². The van der Waals surface area contributed by atoms with Crippen molar-refractivity contribution in [1.82, 2.24) is 5.32 Å². The molecule has 0 aromatic heterocycles. The number of methoxy groups -OCH3 is 1. The number of para-hydroxylation sites is 2.